The highest BCUT2D eigenvalue weighted by Crippen LogP contribution is 2.40. The number of hydrogen-bond acceptors (Lipinski definition) is 12. The second-order valence-electron chi connectivity index (χ2n) is 18.0. The van der Waals surface area contributed by atoms with Gasteiger partial charge in [-0.2, -0.15) is 5.10 Å². The van der Waals surface area contributed by atoms with Crippen LogP contribution in [0.3, 0.4) is 0 Å². The Kier molecular flexibility index (Phi) is 12.6. The van der Waals surface area contributed by atoms with Gasteiger partial charge in [-0.3, -0.25) is 39.0 Å². The van der Waals surface area contributed by atoms with Gasteiger partial charge in [0.05, 0.1) is 53.8 Å². The molecule has 9 rings (SSSR count). The molecule has 0 bridgehead atoms. The molecule has 0 saturated carbocycles. The molecule has 4 aliphatic heterocycles. The number of likely N-dealkylation sites (tertiary alicyclic amines) is 1. The Morgan fingerprint density at radius 3 is 2.17 bits per heavy atom. The van der Waals surface area contributed by atoms with Crippen LogP contribution in [0, 0.1) is 11.8 Å². The van der Waals surface area contributed by atoms with Crippen LogP contribution in [0.15, 0.2) is 78.9 Å². The summed E-state index contributed by atoms with van der Waals surface area (Å²) < 4.78 is 44.5. The average molecular weight is 917 g/mol. The molecule has 4 aromatic carbocycles. The van der Waals surface area contributed by atoms with Gasteiger partial charge in [0.25, 0.3) is 11.8 Å². The number of anilines is 1. The Morgan fingerprint density at radius 1 is 0.788 bits per heavy atom. The SMILES string of the molecule is CCOc1cc([C@@H](CS(C)(=O)=O)N2C(=O)c3ccc(N4CCC(C5CCN(Cc6ccc(Oc7ccc8c([C@@H]9CCC(=O)NC9=O)nn(C)c8c7)cc6)CC5)CC4)cc3C2=O)ccc1OC. The van der Waals surface area contributed by atoms with Crippen LogP contribution in [-0.2, 0) is 33.0 Å². The minimum Gasteiger partial charge on any atom is -0.493 e. The molecule has 66 heavy (non-hydrogen) atoms. The number of rotatable bonds is 14. The first-order chi connectivity index (χ1) is 31.8. The second-order valence-corrected chi connectivity index (χ2v) is 20.2. The molecule has 5 aromatic rings. The fourth-order valence-electron chi connectivity index (χ4n) is 10.3. The summed E-state index contributed by atoms with van der Waals surface area (Å²) in [6.45, 7) is 6.83. The van der Waals surface area contributed by atoms with E-state index >= 15 is 0 Å². The maximum absolute atomic E-state index is 14.1. The van der Waals surface area contributed by atoms with Gasteiger partial charge in [-0.1, -0.05) is 18.2 Å². The van der Waals surface area contributed by atoms with Crippen molar-refractivity contribution in [3.8, 4) is 23.0 Å². The number of methoxy groups -OCH3 is 1. The molecule has 5 heterocycles. The molecule has 1 N–H and O–H groups in total. The number of carbonyl (C=O) groups is 4. The number of fused-ring (bicyclic) bond motifs is 2. The highest BCUT2D eigenvalue weighted by molar-refractivity contribution is 7.90. The number of piperidine rings is 3. The van der Waals surface area contributed by atoms with E-state index in [0.717, 1.165) is 91.9 Å². The fraction of sp³-hybridized carbons (Fsp3) is 0.420. The third-order valence-corrected chi connectivity index (χ3v) is 14.7. The van der Waals surface area contributed by atoms with Gasteiger partial charge in [0.1, 0.15) is 21.3 Å². The Labute approximate surface area is 384 Å². The number of carbonyl (C=O) groups excluding carboxylic acids is 4. The molecule has 16 heteroatoms. The molecule has 3 fully saturated rings. The van der Waals surface area contributed by atoms with E-state index in [1.165, 1.54) is 12.7 Å². The number of aryl methyl sites for hydroxylation is 1. The predicted molar refractivity (Wildman–Crippen MR) is 249 cm³/mol. The molecule has 1 aromatic heterocycles. The van der Waals surface area contributed by atoms with Gasteiger partial charge in [0.15, 0.2) is 11.5 Å². The number of nitrogens with one attached hydrogen (secondary N) is 1. The van der Waals surface area contributed by atoms with E-state index in [2.05, 4.69) is 32.3 Å². The largest absolute Gasteiger partial charge is 0.493 e. The smallest absolute Gasteiger partial charge is 0.262 e. The van der Waals surface area contributed by atoms with Crippen LogP contribution in [0.1, 0.15) is 94.9 Å². The second kappa shape index (κ2) is 18.6. The lowest BCUT2D eigenvalue weighted by atomic mass is 9.78. The standard InChI is InChI=1S/C50H56N6O9S/c1-5-64-45-26-34(8-16-44(45)63-3)43(30-66(4,61)62)56-49(59)38-13-9-35(27-41(38)50(56)60)55-24-20-33(21-25-55)32-18-22-54(23-19-32)29-31-6-10-36(11-7-31)65-37-12-14-39-42(28-37)53(2)52-47(39)40-15-17-46(57)51-48(40)58/h6-14,16,26-28,32-33,40,43H,5,15,17-25,29-30H2,1-4H3,(H,51,57,58)/t40-,43+/m0/s1. The number of amides is 4. The molecule has 3 saturated heterocycles. The van der Waals surface area contributed by atoms with Crippen molar-refractivity contribution in [3.05, 3.63) is 107 Å². The van der Waals surface area contributed by atoms with Crippen molar-refractivity contribution in [2.75, 3.05) is 56.8 Å². The first kappa shape index (κ1) is 44.9. The molecule has 4 amide bonds. The zero-order valence-corrected chi connectivity index (χ0v) is 38.6. The summed E-state index contributed by atoms with van der Waals surface area (Å²) in [6, 6.07) is 23.3. The molecule has 0 radical (unpaired) electrons. The van der Waals surface area contributed by atoms with Crippen molar-refractivity contribution < 1.29 is 41.8 Å². The van der Waals surface area contributed by atoms with Gasteiger partial charge in [-0.05, 0) is 130 Å². The highest BCUT2D eigenvalue weighted by atomic mass is 32.2. The topological polar surface area (TPSA) is 170 Å². The van der Waals surface area contributed by atoms with Crippen molar-refractivity contribution in [2.45, 2.75) is 64.0 Å². The fourth-order valence-corrected chi connectivity index (χ4v) is 11.2. The van der Waals surface area contributed by atoms with E-state index in [1.807, 2.05) is 50.4 Å². The summed E-state index contributed by atoms with van der Waals surface area (Å²) >= 11 is 0. The summed E-state index contributed by atoms with van der Waals surface area (Å²) in [5, 5.41) is 7.94. The molecule has 0 unspecified atom stereocenters. The summed E-state index contributed by atoms with van der Waals surface area (Å²) in [7, 11) is -0.253. The van der Waals surface area contributed by atoms with Gasteiger partial charge in [-0.15, -0.1) is 0 Å². The molecule has 2 atom stereocenters. The van der Waals surface area contributed by atoms with Gasteiger partial charge in [0.2, 0.25) is 11.8 Å². The monoisotopic (exact) mass is 916 g/mol. The molecule has 0 aliphatic carbocycles. The first-order valence-electron chi connectivity index (χ1n) is 22.8. The number of ether oxygens (including phenoxy) is 3. The van der Waals surface area contributed by atoms with Crippen LogP contribution >= 0.6 is 0 Å². The molecule has 4 aliphatic rings. The molecular weight excluding hydrogens is 861 g/mol. The number of imide groups is 2. The average Bonchev–Trinajstić information content (AvgIpc) is 3.76. The number of sulfone groups is 1. The normalized spacial score (nSPS) is 19.3. The Hall–Kier alpha value is -6.26. The summed E-state index contributed by atoms with van der Waals surface area (Å²) in [6.07, 6.45) is 6.24. The van der Waals surface area contributed by atoms with E-state index < -0.39 is 39.4 Å². The van der Waals surface area contributed by atoms with Crippen LogP contribution in [0.25, 0.3) is 10.9 Å². The third-order valence-electron chi connectivity index (χ3n) is 13.7. The highest BCUT2D eigenvalue weighted by Gasteiger charge is 2.43. The van der Waals surface area contributed by atoms with Gasteiger partial charge in [-0.25, -0.2) is 8.42 Å². The quantitative estimate of drug-likeness (QED) is 0.116. The number of aromatic nitrogens is 2. The van der Waals surface area contributed by atoms with Crippen LogP contribution in [0.2, 0.25) is 0 Å². The van der Waals surface area contributed by atoms with Crippen molar-refractivity contribution >= 4 is 50.1 Å². The zero-order valence-electron chi connectivity index (χ0n) is 37.8. The van der Waals surface area contributed by atoms with Crippen molar-refractivity contribution in [3.63, 3.8) is 0 Å². The Morgan fingerprint density at radius 2 is 1.48 bits per heavy atom. The first-order valence-corrected chi connectivity index (χ1v) is 24.9. The third kappa shape index (κ3) is 9.25. The molecule has 0 spiro atoms. The minimum absolute atomic E-state index is 0.245. The summed E-state index contributed by atoms with van der Waals surface area (Å²) in [4.78, 5) is 58.1. The lowest BCUT2D eigenvalue weighted by molar-refractivity contribution is -0.134. The van der Waals surface area contributed by atoms with E-state index in [9.17, 15) is 27.6 Å². The van der Waals surface area contributed by atoms with Crippen LogP contribution < -0.4 is 24.4 Å². The lowest BCUT2D eigenvalue weighted by Gasteiger charge is -2.41. The van der Waals surface area contributed by atoms with E-state index in [1.54, 1.807) is 35.0 Å². The van der Waals surface area contributed by atoms with Crippen LogP contribution in [0.5, 0.6) is 23.0 Å². The predicted octanol–water partition coefficient (Wildman–Crippen LogP) is 6.80. The maximum Gasteiger partial charge on any atom is 0.262 e. The number of nitrogens with zero attached hydrogens (tertiary/aromatic N) is 5. The van der Waals surface area contributed by atoms with Gasteiger partial charge in [0, 0.05) is 56.5 Å². The van der Waals surface area contributed by atoms with Crippen LogP contribution in [-0.4, -0.2) is 104 Å². The molecule has 15 nitrogen and oxygen atoms in total. The van der Waals surface area contributed by atoms with Crippen molar-refractivity contribution in [1.82, 2.24) is 24.9 Å². The Balaban J connectivity index is 0.769. The number of hydrogen-bond donors (Lipinski definition) is 1. The van der Waals surface area contributed by atoms with Gasteiger partial charge >= 0.3 is 0 Å². The van der Waals surface area contributed by atoms with E-state index in [-0.39, 0.29) is 22.9 Å². The molecule has 346 valence electrons. The zero-order chi connectivity index (χ0) is 46.3. The van der Waals surface area contributed by atoms with E-state index in [4.69, 9.17) is 14.2 Å². The maximum atomic E-state index is 14.1. The Bertz CT molecular complexity index is 2790. The van der Waals surface area contributed by atoms with Gasteiger partial charge < -0.3 is 19.1 Å². The minimum atomic E-state index is -3.61. The number of benzene rings is 4. The van der Waals surface area contributed by atoms with Crippen molar-refractivity contribution in [1.29, 1.82) is 0 Å². The molecular formula is C50H56N6O9S. The summed E-state index contributed by atoms with van der Waals surface area (Å²) in [5.41, 5.74) is 4.67. The van der Waals surface area contributed by atoms with Crippen LogP contribution in [0.4, 0.5) is 5.69 Å². The lowest BCUT2D eigenvalue weighted by Crippen LogP contribution is -2.40. The van der Waals surface area contributed by atoms with E-state index in [0.29, 0.717) is 59.8 Å². The van der Waals surface area contributed by atoms with Crippen molar-refractivity contribution in [2.24, 2.45) is 18.9 Å². The summed E-state index contributed by atoms with van der Waals surface area (Å²) in [5.74, 6) is 1.09.